The van der Waals surface area contributed by atoms with Crippen LogP contribution in [0.3, 0.4) is 0 Å². The molecule has 183 valence electrons. The van der Waals surface area contributed by atoms with E-state index in [-0.39, 0.29) is 57.1 Å². The van der Waals surface area contributed by atoms with Crippen LogP contribution in [0, 0.1) is 16.1 Å². The number of nitro groups is 1. The van der Waals surface area contributed by atoms with Crippen molar-refractivity contribution in [3.63, 3.8) is 0 Å². The Bertz CT molecular complexity index is 1390. The average molecular weight is 560 g/mol. The first kappa shape index (κ1) is 26.9. The molecule has 0 aliphatic rings. The van der Waals surface area contributed by atoms with Crippen LogP contribution >= 0.6 is 11.6 Å². The van der Waals surface area contributed by atoms with Crippen molar-refractivity contribution >= 4 is 50.0 Å². The second-order valence-corrected chi connectivity index (χ2v) is 8.87. The molecule has 3 N–H and O–H groups in total. The number of benzene rings is 2. The minimum Gasteiger partial charge on any atom is -0.506 e. The molecule has 0 aliphatic carbocycles. The molecule has 3 rings (SSSR count). The third-order valence-corrected chi connectivity index (χ3v) is 5.96. The van der Waals surface area contributed by atoms with Crippen LogP contribution in [0.2, 0.25) is 5.02 Å². The number of aromatic hydroxyl groups is 2. The van der Waals surface area contributed by atoms with E-state index in [0.717, 1.165) is 24.3 Å². The molecule has 2 aromatic carbocycles. The third-order valence-electron chi connectivity index (χ3n) is 4.12. The average Bonchev–Trinajstić information content (AvgIpc) is 2.76. The molecular formula is C18H14ClCuFN6O6S. The minimum absolute atomic E-state index is 0. The molecule has 1 heterocycles. The Morgan fingerprint density at radius 3 is 2.41 bits per heavy atom. The number of aromatic nitrogens is 2. The summed E-state index contributed by atoms with van der Waals surface area (Å²) in [6.45, 7) is 1.34. The Hall–Kier alpha value is -3.39. The number of sulfone groups is 1. The van der Waals surface area contributed by atoms with Gasteiger partial charge in [0.2, 0.25) is 15.8 Å². The van der Waals surface area contributed by atoms with Crippen molar-refractivity contribution in [2.75, 3.05) is 11.1 Å². The van der Waals surface area contributed by atoms with Gasteiger partial charge in [0.15, 0.2) is 5.82 Å². The summed E-state index contributed by atoms with van der Waals surface area (Å²) in [5, 5.41) is 39.5. The first-order chi connectivity index (χ1) is 15.5. The Kier molecular flexibility index (Phi) is 8.45. The van der Waals surface area contributed by atoms with Gasteiger partial charge in [-0.3, -0.25) is 10.1 Å². The Morgan fingerprint density at radius 2 is 1.79 bits per heavy atom. The van der Waals surface area contributed by atoms with E-state index in [1.807, 2.05) is 0 Å². The summed E-state index contributed by atoms with van der Waals surface area (Å²) in [7, 11) is -3.91. The zero-order chi connectivity index (χ0) is 24.3. The largest absolute Gasteiger partial charge is 0.506 e. The molecular weight excluding hydrogens is 546 g/mol. The van der Waals surface area contributed by atoms with Crippen molar-refractivity contribution in [2.24, 2.45) is 10.2 Å². The van der Waals surface area contributed by atoms with E-state index in [2.05, 4.69) is 25.5 Å². The van der Waals surface area contributed by atoms with Crippen molar-refractivity contribution in [3.8, 4) is 11.5 Å². The van der Waals surface area contributed by atoms with Crippen LogP contribution in [0.4, 0.5) is 33.0 Å². The van der Waals surface area contributed by atoms with Gasteiger partial charge in [0.25, 0.3) is 10.8 Å². The molecule has 0 bridgehead atoms. The second kappa shape index (κ2) is 10.7. The van der Waals surface area contributed by atoms with E-state index in [4.69, 9.17) is 11.6 Å². The smallest absolute Gasteiger partial charge is 0.271 e. The number of hydrogen-bond acceptors (Lipinski definition) is 11. The summed E-state index contributed by atoms with van der Waals surface area (Å²) in [5.41, 5.74) is -0.437. The van der Waals surface area contributed by atoms with Crippen LogP contribution in [0.15, 0.2) is 51.8 Å². The molecule has 0 fully saturated rings. The van der Waals surface area contributed by atoms with E-state index in [9.17, 15) is 33.1 Å². The van der Waals surface area contributed by atoms with Crippen LogP contribution in [-0.4, -0.2) is 39.3 Å². The van der Waals surface area contributed by atoms with Crippen LogP contribution in [0.5, 0.6) is 11.5 Å². The van der Waals surface area contributed by atoms with E-state index in [1.165, 1.54) is 19.1 Å². The summed E-state index contributed by atoms with van der Waals surface area (Å²) < 4.78 is 37.9. The van der Waals surface area contributed by atoms with Crippen LogP contribution in [0.1, 0.15) is 6.92 Å². The summed E-state index contributed by atoms with van der Waals surface area (Å²) in [4.78, 5) is 17.2. The van der Waals surface area contributed by atoms with Gasteiger partial charge in [-0.25, -0.2) is 8.42 Å². The third kappa shape index (κ3) is 5.94. The molecule has 16 heteroatoms. The van der Waals surface area contributed by atoms with Gasteiger partial charge in [-0.1, -0.05) is 18.5 Å². The SMILES string of the molecule is CCS(=O)(=O)c1nc(F)c(Cl)c(Nc2ccc(N=Nc3cc([N+](=O)[O-])ccc3O)c(O)c2)n1.[Cu]. The van der Waals surface area contributed by atoms with E-state index in [0.29, 0.717) is 0 Å². The first-order valence-electron chi connectivity index (χ1n) is 8.96. The van der Waals surface area contributed by atoms with E-state index in [1.54, 1.807) is 0 Å². The van der Waals surface area contributed by atoms with Crippen molar-refractivity contribution in [3.05, 3.63) is 57.5 Å². The number of anilines is 2. The second-order valence-electron chi connectivity index (χ2n) is 6.32. The summed E-state index contributed by atoms with van der Waals surface area (Å²) in [6.07, 6.45) is 0. The molecule has 0 atom stereocenters. The molecule has 34 heavy (non-hydrogen) atoms. The predicted molar refractivity (Wildman–Crippen MR) is 115 cm³/mol. The Labute approximate surface area is 207 Å². The predicted octanol–water partition coefficient (Wildman–Crippen LogP) is 4.54. The molecule has 1 aromatic heterocycles. The maximum atomic E-state index is 14.0. The van der Waals surface area contributed by atoms with Gasteiger partial charge in [0, 0.05) is 41.0 Å². The standard InChI is InChI=1S/C18H14ClFN6O6S.Cu/c1-2-33(31,32)18-22-16(20)15(19)17(23-18)21-9-3-5-11(14(28)7-9)24-25-12-8-10(26(29)30)4-6-13(12)27;/h3-8,27-28H,2H2,1H3,(H,21,22,23);. The fourth-order valence-corrected chi connectivity index (χ4v) is 3.23. The molecule has 0 spiro atoms. The number of hydrogen-bond donors (Lipinski definition) is 3. The van der Waals surface area contributed by atoms with Crippen LogP contribution < -0.4 is 5.32 Å². The zero-order valence-corrected chi connectivity index (χ0v) is 19.4. The van der Waals surface area contributed by atoms with Crippen LogP contribution in [-0.2, 0) is 26.9 Å². The quantitative estimate of drug-likeness (QED) is 0.0934. The maximum absolute atomic E-state index is 14.0. The van der Waals surface area contributed by atoms with E-state index < -0.39 is 36.6 Å². The molecule has 0 saturated heterocycles. The van der Waals surface area contributed by atoms with E-state index >= 15 is 0 Å². The fraction of sp³-hybridized carbons (Fsp3) is 0.111. The minimum atomic E-state index is -3.91. The number of nitro benzene ring substituents is 1. The van der Waals surface area contributed by atoms with Crippen molar-refractivity contribution in [1.29, 1.82) is 0 Å². The van der Waals surface area contributed by atoms with Crippen LogP contribution in [0.25, 0.3) is 0 Å². The van der Waals surface area contributed by atoms with Gasteiger partial charge in [-0.05, 0) is 18.2 Å². The molecule has 0 amide bonds. The molecule has 3 aromatic rings. The molecule has 0 aliphatic heterocycles. The van der Waals surface area contributed by atoms with Crippen molar-refractivity contribution in [2.45, 2.75) is 12.1 Å². The van der Waals surface area contributed by atoms with Crippen molar-refractivity contribution in [1.82, 2.24) is 9.97 Å². The maximum Gasteiger partial charge on any atom is 0.271 e. The van der Waals surface area contributed by atoms with Gasteiger partial charge >= 0.3 is 0 Å². The summed E-state index contributed by atoms with van der Waals surface area (Å²) in [5.74, 6) is -2.71. The number of nitrogens with one attached hydrogen (secondary N) is 1. The number of phenols is 2. The van der Waals surface area contributed by atoms with Gasteiger partial charge in [-0.2, -0.15) is 14.4 Å². The molecule has 0 unspecified atom stereocenters. The number of halogens is 2. The number of rotatable bonds is 7. The van der Waals surface area contributed by atoms with Gasteiger partial charge < -0.3 is 15.5 Å². The summed E-state index contributed by atoms with van der Waals surface area (Å²) >= 11 is 5.82. The van der Waals surface area contributed by atoms with Gasteiger partial charge in [-0.15, -0.1) is 10.2 Å². The fourth-order valence-electron chi connectivity index (χ4n) is 2.39. The Balaban J connectivity index is 0.00000408. The number of phenolic OH excluding ortho intramolecular Hbond substituents is 2. The zero-order valence-electron chi connectivity index (χ0n) is 16.9. The normalized spacial score (nSPS) is 11.3. The number of non-ortho nitro benzene ring substituents is 1. The molecule has 12 nitrogen and oxygen atoms in total. The summed E-state index contributed by atoms with van der Waals surface area (Å²) in [6, 6.07) is 6.96. The number of nitrogens with zero attached hydrogens (tertiary/aromatic N) is 5. The monoisotopic (exact) mass is 559 g/mol. The van der Waals surface area contributed by atoms with Gasteiger partial charge in [0.05, 0.1) is 10.7 Å². The van der Waals surface area contributed by atoms with Crippen molar-refractivity contribution < 1.29 is 45.0 Å². The molecule has 1 radical (unpaired) electrons. The first-order valence-corrected chi connectivity index (χ1v) is 11.0. The Morgan fingerprint density at radius 1 is 1.12 bits per heavy atom. The topological polar surface area (TPSA) is 180 Å². The number of azo groups is 1. The molecule has 0 saturated carbocycles. The van der Waals surface area contributed by atoms with Gasteiger partial charge in [0.1, 0.15) is 27.9 Å².